The van der Waals surface area contributed by atoms with E-state index in [-0.39, 0.29) is 23.2 Å². The number of phenols is 1. The van der Waals surface area contributed by atoms with Gasteiger partial charge in [0.1, 0.15) is 17.6 Å². The van der Waals surface area contributed by atoms with Gasteiger partial charge in [0.15, 0.2) is 5.82 Å². The Labute approximate surface area is 186 Å². The molecule has 2 saturated heterocycles. The summed E-state index contributed by atoms with van der Waals surface area (Å²) >= 11 is 0. The van der Waals surface area contributed by atoms with Crippen molar-refractivity contribution < 1.29 is 9.50 Å². The van der Waals surface area contributed by atoms with Crippen LogP contribution in [0.3, 0.4) is 0 Å². The Morgan fingerprint density at radius 2 is 2.16 bits per heavy atom. The predicted molar refractivity (Wildman–Crippen MR) is 120 cm³/mol. The van der Waals surface area contributed by atoms with E-state index >= 15 is 4.39 Å². The van der Waals surface area contributed by atoms with Gasteiger partial charge in [-0.25, -0.2) is 14.4 Å². The van der Waals surface area contributed by atoms with E-state index in [1.807, 2.05) is 6.07 Å². The zero-order valence-electron chi connectivity index (χ0n) is 18.2. The molecule has 0 spiro atoms. The number of alkyl halides is 1. The molecule has 166 valence electrons. The van der Waals surface area contributed by atoms with Gasteiger partial charge in [0.05, 0.1) is 18.2 Å². The first kappa shape index (κ1) is 20.8. The lowest BCUT2D eigenvalue weighted by Gasteiger charge is -2.51. The van der Waals surface area contributed by atoms with Gasteiger partial charge in [-0.2, -0.15) is 0 Å². The molecular formula is C24H27FN6O. The van der Waals surface area contributed by atoms with Gasteiger partial charge in [-0.3, -0.25) is 0 Å². The fourth-order valence-electron chi connectivity index (χ4n) is 5.42. The lowest BCUT2D eigenvalue weighted by Crippen LogP contribution is -2.63. The molecule has 3 aromatic rings. The molecule has 32 heavy (non-hydrogen) atoms. The molecular weight excluding hydrogens is 407 g/mol. The van der Waals surface area contributed by atoms with Gasteiger partial charge in [-0.05, 0) is 49.8 Å². The highest BCUT2D eigenvalue weighted by Gasteiger charge is 2.48. The molecule has 8 heteroatoms. The molecule has 0 amide bonds. The summed E-state index contributed by atoms with van der Waals surface area (Å²) in [6.45, 7) is 8.50. The van der Waals surface area contributed by atoms with Gasteiger partial charge in [0, 0.05) is 41.5 Å². The van der Waals surface area contributed by atoms with Crippen molar-refractivity contribution in [1.29, 1.82) is 0 Å². The van der Waals surface area contributed by atoms with Crippen LogP contribution in [0.15, 0.2) is 49.7 Å². The number of aromatic hydroxyl groups is 1. The Kier molecular flexibility index (Phi) is 5.04. The van der Waals surface area contributed by atoms with Gasteiger partial charge in [0.25, 0.3) is 0 Å². The Bertz CT molecular complexity index is 1130. The van der Waals surface area contributed by atoms with E-state index in [4.69, 9.17) is 0 Å². The summed E-state index contributed by atoms with van der Waals surface area (Å²) in [5, 5.41) is 22.5. The number of benzene rings is 1. The van der Waals surface area contributed by atoms with Crippen molar-refractivity contribution in [2.45, 2.75) is 50.9 Å². The molecule has 2 unspecified atom stereocenters. The van der Waals surface area contributed by atoms with Gasteiger partial charge >= 0.3 is 0 Å². The second kappa shape index (κ2) is 7.78. The number of nitrogens with zero attached hydrogens (tertiary/aromatic N) is 5. The Balaban J connectivity index is 1.36. The van der Waals surface area contributed by atoms with Crippen molar-refractivity contribution in [1.82, 2.24) is 30.0 Å². The van der Waals surface area contributed by atoms with E-state index in [9.17, 15) is 5.11 Å². The maximum atomic E-state index is 15.3. The second-order valence-corrected chi connectivity index (χ2v) is 9.48. The summed E-state index contributed by atoms with van der Waals surface area (Å²) in [5.74, 6) is 0.585. The number of rotatable bonds is 4. The van der Waals surface area contributed by atoms with Crippen molar-refractivity contribution >= 4 is 5.57 Å². The number of nitrogens with one attached hydrogen (secondary N) is 1. The van der Waals surface area contributed by atoms with Crippen LogP contribution in [-0.4, -0.2) is 47.6 Å². The van der Waals surface area contributed by atoms with Gasteiger partial charge in [0.2, 0.25) is 0 Å². The van der Waals surface area contributed by atoms with Gasteiger partial charge < -0.3 is 15.0 Å². The molecule has 0 aliphatic carbocycles. The zero-order chi connectivity index (χ0) is 22.5. The van der Waals surface area contributed by atoms with Gasteiger partial charge in [-0.15, -0.1) is 10.2 Å². The van der Waals surface area contributed by atoms with Crippen LogP contribution in [0.2, 0.25) is 0 Å². The molecule has 2 aromatic heterocycles. The fraction of sp³-hybridized carbons (Fsp3) is 0.417. The Morgan fingerprint density at radius 3 is 2.84 bits per heavy atom. The van der Waals surface area contributed by atoms with Crippen molar-refractivity contribution in [2.24, 2.45) is 11.8 Å². The number of hydrogen-bond donors (Lipinski definition) is 2. The number of halogens is 1. The second-order valence-electron chi connectivity index (χ2n) is 9.48. The minimum atomic E-state index is -1.03. The summed E-state index contributed by atoms with van der Waals surface area (Å²) in [6, 6.07) is 5.08. The molecule has 5 atom stereocenters. The highest BCUT2D eigenvalue weighted by Crippen LogP contribution is 2.44. The van der Waals surface area contributed by atoms with E-state index in [1.54, 1.807) is 41.6 Å². The van der Waals surface area contributed by atoms with E-state index < -0.39 is 6.17 Å². The largest absolute Gasteiger partial charge is 0.507 e. The van der Waals surface area contributed by atoms with Crippen LogP contribution in [0.4, 0.5) is 4.39 Å². The Hall–Kier alpha value is -3.13. The summed E-state index contributed by atoms with van der Waals surface area (Å²) < 4.78 is 17.1. The third kappa shape index (κ3) is 3.68. The minimum Gasteiger partial charge on any atom is -0.507 e. The first-order valence-corrected chi connectivity index (χ1v) is 11.0. The Morgan fingerprint density at radius 1 is 1.31 bits per heavy atom. The van der Waals surface area contributed by atoms with Crippen LogP contribution in [0, 0.1) is 11.8 Å². The molecule has 7 nitrogen and oxygen atoms in total. The van der Waals surface area contributed by atoms with Crippen LogP contribution in [0.1, 0.15) is 38.9 Å². The first-order valence-electron chi connectivity index (χ1n) is 11.0. The standard InChI is InChI=1S/C24H27FN6O/c1-14-8-19-22(25)18(11-24(3,10-14)28-19)15(2)23-27-12-20(29-30-23)17-5-4-16(9-21(17)32)31-7-6-26-13-31/h4-7,9,12-14,18-19,22,28,32H,2,8,10-11H2,1,3H3/t14?,18-,19?,22-,24+/m1/s1. The SMILES string of the molecule is C=C(c1ncc(-c2ccc(-n3ccnc3)cc2O)nn1)[C@H]1C[C@]2(C)CC(C)CC(N2)[C@@H]1F. The van der Waals surface area contributed by atoms with E-state index in [2.05, 4.69) is 45.9 Å². The predicted octanol–water partition coefficient (Wildman–Crippen LogP) is 3.95. The average molecular weight is 435 g/mol. The molecule has 1 aromatic carbocycles. The van der Waals surface area contributed by atoms with Crippen molar-refractivity contribution in [3.63, 3.8) is 0 Å². The molecule has 2 aliphatic heterocycles. The molecule has 4 heterocycles. The number of allylic oxidation sites excluding steroid dienone is 1. The normalized spacial score (nSPS) is 29.6. The molecule has 2 aliphatic rings. The van der Waals surface area contributed by atoms with E-state index in [0.717, 1.165) is 18.5 Å². The van der Waals surface area contributed by atoms with Crippen LogP contribution in [0.25, 0.3) is 22.5 Å². The molecule has 2 bridgehead atoms. The van der Waals surface area contributed by atoms with Crippen molar-refractivity contribution in [2.75, 3.05) is 0 Å². The lowest BCUT2D eigenvalue weighted by molar-refractivity contribution is 0.0312. The molecule has 2 fully saturated rings. The average Bonchev–Trinajstić information content (AvgIpc) is 3.30. The fourth-order valence-corrected chi connectivity index (χ4v) is 5.42. The van der Waals surface area contributed by atoms with E-state index in [1.165, 1.54) is 0 Å². The number of piperidine rings is 2. The van der Waals surface area contributed by atoms with Crippen molar-refractivity contribution in [3.05, 3.63) is 55.5 Å². The van der Waals surface area contributed by atoms with Crippen molar-refractivity contribution in [3.8, 4) is 22.7 Å². The van der Waals surface area contributed by atoms with Crippen LogP contribution in [-0.2, 0) is 0 Å². The summed E-state index contributed by atoms with van der Waals surface area (Å²) in [5.41, 5.74) is 2.23. The van der Waals surface area contributed by atoms with Crippen LogP contribution >= 0.6 is 0 Å². The zero-order valence-corrected chi connectivity index (χ0v) is 18.2. The number of fused-ring (bicyclic) bond motifs is 2. The number of aromatic nitrogens is 5. The lowest BCUT2D eigenvalue weighted by atomic mass is 9.67. The highest BCUT2D eigenvalue weighted by atomic mass is 19.1. The highest BCUT2D eigenvalue weighted by molar-refractivity contribution is 5.68. The molecule has 2 N–H and O–H groups in total. The maximum Gasteiger partial charge on any atom is 0.177 e. The van der Waals surface area contributed by atoms with Gasteiger partial charge in [-0.1, -0.05) is 13.5 Å². The summed E-state index contributed by atoms with van der Waals surface area (Å²) in [6.07, 6.45) is 8.16. The molecule has 0 saturated carbocycles. The maximum absolute atomic E-state index is 15.3. The topological polar surface area (TPSA) is 88.8 Å². The summed E-state index contributed by atoms with van der Waals surface area (Å²) in [7, 11) is 0. The molecule has 5 rings (SSSR count). The number of hydrogen-bond acceptors (Lipinski definition) is 6. The number of imidazole rings is 1. The molecule has 0 radical (unpaired) electrons. The third-order valence-corrected chi connectivity index (χ3v) is 6.78. The third-order valence-electron chi connectivity index (χ3n) is 6.78. The smallest absolute Gasteiger partial charge is 0.177 e. The van der Waals surface area contributed by atoms with Crippen LogP contribution < -0.4 is 5.32 Å². The minimum absolute atomic E-state index is 0.0657. The first-order chi connectivity index (χ1) is 15.3. The summed E-state index contributed by atoms with van der Waals surface area (Å²) in [4.78, 5) is 8.44. The van der Waals surface area contributed by atoms with E-state index in [0.29, 0.717) is 35.0 Å². The quantitative estimate of drug-likeness (QED) is 0.646. The van der Waals surface area contributed by atoms with Crippen LogP contribution in [0.5, 0.6) is 5.75 Å². The number of phenolic OH excluding ortho intramolecular Hbond substituents is 1. The monoisotopic (exact) mass is 434 g/mol.